The first-order valence-corrected chi connectivity index (χ1v) is 11.6. The minimum atomic E-state index is -0.984. The Morgan fingerprint density at radius 2 is 1.91 bits per heavy atom. The van der Waals surface area contributed by atoms with Crippen LogP contribution < -0.4 is 5.56 Å². The molecule has 1 aliphatic heterocycles. The van der Waals surface area contributed by atoms with Crippen molar-refractivity contribution in [2.45, 2.75) is 50.7 Å². The minimum Gasteiger partial charge on any atom is -0.373 e. The monoisotopic (exact) mass is 481 g/mol. The second kappa shape index (κ2) is 8.30. The molecule has 0 N–H and O–H groups in total. The maximum Gasteiger partial charge on any atom is 0.294 e. The predicted molar refractivity (Wildman–Crippen MR) is 120 cm³/mol. The third-order valence-electron chi connectivity index (χ3n) is 6.74. The van der Waals surface area contributed by atoms with E-state index in [0.29, 0.717) is 31.2 Å². The summed E-state index contributed by atoms with van der Waals surface area (Å²) in [5, 5.41) is 4.45. The lowest BCUT2D eigenvalue weighted by molar-refractivity contribution is 0.00454. The van der Waals surface area contributed by atoms with Crippen LogP contribution in [0.15, 0.2) is 41.6 Å². The Morgan fingerprint density at radius 1 is 1.09 bits per heavy atom. The van der Waals surface area contributed by atoms with Crippen LogP contribution in [0.25, 0.3) is 16.9 Å². The molecule has 4 aromatic rings. The van der Waals surface area contributed by atoms with Crippen molar-refractivity contribution in [3.05, 3.63) is 81.5 Å². The summed E-state index contributed by atoms with van der Waals surface area (Å²) in [7, 11) is 0. The molecule has 1 aromatic carbocycles. The Labute approximate surface area is 198 Å². The topological polar surface area (TPSA) is 74.3 Å². The summed E-state index contributed by atoms with van der Waals surface area (Å²) < 4.78 is 51.9. The Balaban J connectivity index is 1.45. The van der Waals surface area contributed by atoms with Crippen molar-refractivity contribution in [1.29, 1.82) is 0 Å². The molecule has 0 amide bonds. The van der Waals surface area contributed by atoms with E-state index in [0.717, 1.165) is 34.9 Å². The molecule has 10 heteroatoms. The van der Waals surface area contributed by atoms with E-state index in [1.54, 1.807) is 0 Å². The molecule has 1 saturated heterocycles. The number of ether oxygens (including phenoxy) is 1. The number of aryl methyl sites for hydroxylation is 1. The standard InChI is InChI=1S/C25H22F3N5O2/c1-13-22(28)25(34)32-12-20(31-23(24(32)30-13)18-5-2-16(26)9-19(18)27)14-6-7-35-21(8-14)15-10-29-33(11-15)17-3-4-17/h2,5,9-12,14,17,21H,3-4,6-8H2,1H3. The zero-order valence-corrected chi connectivity index (χ0v) is 18.9. The van der Waals surface area contributed by atoms with Gasteiger partial charge in [-0.25, -0.2) is 18.7 Å². The van der Waals surface area contributed by atoms with E-state index in [2.05, 4.69) is 15.1 Å². The van der Waals surface area contributed by atoms with Crippen molar-refractivity contribution >= 4 is 5.65 Å². The lowest BCUT2D eigenvalue weighted by Gasteiger charge is -2.29. The van der Waals surface area contributed by atoms with E-state index in [9.17, 15) is 18.0 Å². The van der Waals surface area contributed by atoms with E-state index in [1.165, 1.54) is 19.2 Å². The highest BCUT2D eigenvalue weighted by Gasteiger charge is 2.30. The average Bonchev–Trinajstić information content (AvgIpc) is 3.59. The molecule has 4 heterocycles. The van der Waals surface area contributed by atoms with Crippen molar-refractivity contribution in [2.75, 3.05) is 6.61 Å². The first-order chi connectivity index (χ1) is 16.9. The molecule has 7 nitrogen and oxygen atoms in total. The van der Waals surface area contributed by atoms with Gasteiger partial charge in [-0.15, -0.1) is 0 Å². The molecule has 2 aliphatic rings. The lowest BCUT2D eigenvalue weighted by atomic mass is 9.90. The quantitative estimate of drug-likeness (QED) is 0.424. The number of benzene rings is 1. The van der Waals surface area contributed by atoms with Crippen molar-refractivity contribution in [1.82, 2.24) is 24.1 Å². The Morgan fingerprint density at radius 3 is 2.69 bits per heavy atom. The van der Waals surface area contributed by atoms with E-state index >= 15 is 0 Å². The van der Waals surface area contributed by atoms with Crippen LogP contribution in [0.5, 0.6) is 0 Å². The van der Waals surface area contributed by atoms with Crippen molar-refractivity contribution in [2.24, 2.45) is 0 Å². The summed E-state index contributed by atoms with van der Waals surface area (Å²) in [4.78, 5) is 21.7. The van der Waals surface area contributed by atoms with Crippen molar-refractivity contribution < 1.29 is 17.9 Å². The van der Waals surface area contributed by atoms with E-state index in [-0.39, 0.29) is 34.6 Å². The summed E-state index contributed by atoms with van der Waals surface area (Å²) in [6.07, 6.45) is 8.50. The van der Waals surface area contributed by atoms with Gasteiger partial charge in [0.1, 0.15) is 17.3 Å². The zero-order chi connectivity index (χ0) is 24.3. The van der Waals surface area contributed by atoms with Crippen LogP contribution in [0.3, 0.4) is 0 Å². The van der Waals surface area contributed by atoms with Crippen LogP contribution in [-0.4, -0.2) is 30.8 Å². The summed E-state index contributed by atoms with van der Waals surface area (Å²) in [5.41, 5.74) is 0.501. The van der Waals surface area contributed by atoms with Gasteiger partial charge in [-0.1, -0.05) is 0 Å². The normalized spacial score (nSPS) is 20.5. The van der Waals surface area contributed by atoms with Gasteiger partial charge >= 0.3 is 0 Å². The maximum absolute atomic E-state index is 14.8. The van der Waals surface area contributed by atoms with Gasteiger partial charge in [0.25, 0.3) is 5.56 Å². The number of hydrogen-bond donors (Lipinski definition) is 0. The smallest absolute Gasteiger partial charge is 0.294 e. The molecule has 2 unspecified atom stereocenters. The molecule has 1 saturated carbocycles. The minimum absolute atomic E-state index is 0.0116. The van der Waals surface area contributed by atoms with Gasteiger partial charge in [-0.3, -0.25) is 13.9 Å². The maximum atomic E-state index is 14.8. The lowest BCUT2D eigenvalue weighted by Crippen LogP contribution is -2.24. The van der Waals surface area contributed by atoms with Crippen LogP contribution in [-0.2, 0) is 4.74 Å². The SMILES string of the molecule is Cc1nc2c(-c3ccc(F)cc3F)nc(C3CCOC(c4cnn(C5CC5)c4)C3)cn2c(=O)c1F. The molecule has 35 heavy (non-hydrogen) atoms. The molecule has 180 valence electrons. The summed E-state index contributed by atoms with van der Waals surface area (Å²) >= 11 is 0. The predicted octanol–water partition coefficient (Wildman–Crippen LogP) is 4.65. The van der Waals surface area contributed by atoms with Crippen molar-refractivity contribution in [3.63, 3.8) is 0 Å². The molecule has 1 aliphatic carbocycles. The first kappa shape index (κ1) is 22.0. The van der Waals surface area contributed by atoms with Crippen LogP contribution >= 0.6 is 0 Å². The average molecular weight is 481 g/mol. The summed E-state index contributed by atoms with van der Waals surface area (Å²) in [6.45, 7) is 1.82. The molecule has 0 spiro atoms. The van der Waals surface area contributed by atoms with Crippen LogP contribution in [0.1, 0.15) is 60.7 Å². The fourth-order valence-electron chi connectivity index (χ4n) is 4.66. The van der Waals surface area contributed by atoms with Gasteiger partial charge in [-0.2, -0.15) is 9.49 Å². The summed E-state index contributed by atoms with van der Waals surface area (Å²) in [5.74, 6) is -2.70. The first-order valence-electron chi connectivity index (χ1n) is 11.6. The van der Waals surface area contributed by atoms with Crippen LogP contribution in [0.2, 0.25) is 0 Å². The van der Waals surface area contributed by atoms with Crippen LogP contribution in [0, 0.1) is 24.4 Å². The number of nitrogens with zero attached hydrogens (tertiary/aromatic N) is 5. The highest BCUT2D eigenvalue weighted by atomic mass is 19.1. The molecule has 0 radical (unpaired) electrons. The van der Waals surface area contributed by atoms with E-state index in [1.807, 2.05) is 17.1 Å². The highest BCUT2D eigenvalue weighted by molar-refractivity contribution is 5.74. The van der Waals surface area contributed by atoms with Gasteiger partial charge in [-0.05, 0) is 44.7 Å². The number of hydrogen-bond acceptors (Lipinski definition) is 5. The molecule has 2 fully saturated rings. The fourth-order valence-corrected chi connectivity index (χ4v) is 4.66. The highest BCUT2D eigenvalue weighted by Crippen LogP contribution is 2.40. The van der Waals surface area contributed by atoms with E-state index in [4.69, 9.17) is 4.74 Å². The number of aromatic nitrogens is 5. The largest absolute Gasteiger partial charge is 0.373 e. The number of fused-ring (bicyclic) bond motifs is 1. The molecule has 6 rings (SSSR count). The van der Waals surface area contributed by atoms with Gasteiger partial charge in [0.2, 0.25) is 5.82 Å². The number of halogens is 3. The van der Waals surface area contributed by atoms with Gasteiger partial charge in [0.15, 0.2) is 5.65 Å². The van der Waals surface area contributed by atoms with Crippen LogP contribution in [0.4, 0.5) is 13.2 Å². The molecule has 0 bridgehead atoms. The van der Waals surface area contributed by atoms with Gasteiger partial charge < -0.3 is 4.74 Å². The van der Waals surface area contributed by atoms with Gasteiger partial charge in [0.05, 0.1) is 29.7 Å². The van der Waals surface area contributed by atoms with Crippen molar-refractivity contribution in [3.8, 4) is 11.3 Å². The third kappa shape index (κ3) is 3.91. The second-order valence-electron chi connectivity index (χ2n) is 9.21. The molecule has 3 aromatic heterocycles. The Hall–Kier alpha value is -3.53. The summed E-state index contributed by atoms with van der Waals surface area (Å²) in [6, 6.07) is 3.56. The Bertz CT molecular complexity index is 1510. The number of rotatable bonds is 4. The van der Waals surface area contributed by atoms with Gasteiger partial charge in [0, 0.05) is 42.1 Å². The fraction of sp³-hybridized carbons (Fsp3) is 0.360. The molecule has 2 atom stereocenters. The Kier molecular flexibility index (Phi) is 5.21. The van der Waals surface area contributed by atoms with E-state index < -0.39 is 23.0 Å². The molecular weight excluding hydrogens is 459 g/mol. The molecular formula is C25H22F3N5O2. The third-order valence-corrected chi connectivity index (χ3v) is 6.74. The second-order valence-corrected chi connectivity index (χ2v) is 9.21. The zero-order valence-electron chi connectivity index (χ0n) is 18.9.